The van der Waals surface area contributed by atoms with Gasteiger partial charge in [-0.3, -0.25) is 4.79 Å². The van der Waals surface area contributed by atoms with Gasteiger partial charge >= 0.3 is 11.9 Å². The van der Waals surface area contributed by atoms with Crippen LogP contribution in [0.3, 0.4) is 0 Å². The van der Waals surface area contributed by atoms with Crippen molar-refractivity contribution in [3.63, 3.8) is 0 Å². The molecule has 5 nitrogen and oxygen atoms in total. The molecule has 1 spiro atoms. The molecule has 0 radical (unpaired) electrons. The van der Waals surface area contributed by atoms with Crippen molar-refractivity contribution < 1.29 is 24.0 Å². The van der Waals surface area contributed by atoms with E-state index in [2.05, 4.69) is 0 Å². The summed E-state index contributed by atoms with van der Waals surface area (Å²) in [5, 5.41) is 0. The SMILES string of the molecule is CC(=O)OCC1=CCCC2=C1OC1(OO1)c1ccccc1S2. The van der Waals surface area contributed by atoms with Crippen LogP contribution in [0.25, 0.3) is 0 Å². The monoisotopic (exact) mass is 318 g/mol. The summed E-state index contributed by atoms with van der Waals surface area (Å²) in [6, 6.07) is 7.86. The van der Waals surface area contributed by atoms with Gasteiger partial charge in [-0.1, -0.05) is 30.0 Å². The van der Waals surface area contributed by atoms with E-state index >= 15 is 0 Å². The van der Waals surface area contributed by atoms with Crippen molar-refractivity contribution in [3.8, 4) is 0 Å². The summed E-state index contributed by atoms with van der Waals surface area (Å²) >= 11 is 1.66. The van der Waals surface area contributed by atoms with Gasteiger partial charge in [-0.2, -0.15) is 0 Å². The topological polar surface area (TPSA) is 60.6 Å². The zero-order valence-electron chi connectivity index (χ0n) is 12.0. The molecule has 0 unspecified atom stereocenters. The van der Waals surface area contributed by atoms with Gasteiger partial charge in [-0.15, -0.1) is 9.78 Å². The Labute approximate surface area is 131 Å². The Morgan fingerprint density at radius 1 is 1.36 bits per heavy atom. The minimum Gasteiger partial charge on any atom is -0.461 e. The Morgan fingerprint density at radius 3 is 2.95 bits per heavy atom. The molecule has 114 valence electrons. The summed E-state index contributed by atoms with van der Waals surface area (Å²) in [7, 11) is 0. The van der Waals surface area contributed by atoms with E-state index in [-0.39, 0.29) is 12.6 Å². The van der Waals surface area contributed by atoms with Crippen LogP contribution in [0.15, 0.2) is 51.5 Å². The first-order valence-corrected chi connectivity index (χ1v) is 7.89. The molecule has 2 aliphatic heterocycles. The first-order valence-electron chi connectivity index (χ1n) is 7.07. The van der Waals surface area contributed by atoms with E-state index < -0.39 is 5.97 Å². The molecular weight excluding hydrogens is 304 g/mol. The number of thioether (sulfide) groups is 1. The predicted molar refractivity (Wildman–Crippen MR) is 78.2 cm³/mol. The molecule has 1 fully saturated rings. The molecular formula is C16H14O5S. The molecule has 1 aromatic rings. The number of allylic oxidation sites excluding steroid dienone is 2. The average molecular weight is 318 g/mol. The quantitative estimate of drug-likeness (QED) is 0.473. The van der Waals surface area contributed by atoms with E-state index in [0.717, 1.165) is 33.8 Å². The van der Waals surface area contributed by atoms with Crippen molar-refractivity contribution in [2.24, 2.45) is 0 Å². The van der Waals surface area contributed by atoms with E-state index in [1.165, 1.54) is 6.92 Å². The smallest absolute Gasteiger partial charge is 0.411 e. The lowest BCUT2D eigenvalue weighted by atomic mass is 10.1. The molecule has 4 rings (SSSR count). The van der Waals surface area contributed by atoms with E-state index in [1.54, 1.807) is 11.8 Å². The van der Waals surface area contributed by atoms with Crippen molar-refractivity contribution in [1.82, 2.24) is 0 Å². The number of rotatable bonds is 2. The highest BCUT2D eigenvalue weighted by molar-refractivity contribution is 8.03. The molecule has 1 aromatic carbocycles. The lowest BCUT2D eigenvalue weighted by Gasteiger charge is -2.20. The van der Waals surface area contributed by atoms with Crippen LogP contribution in [0.2, 0.25) is 0 Å². The summed E-state index contributed by atoms with van der Waals surface area (Å²) in [6.07, 6.45) is 3.81. The van der Waals surface area contributed by atoms with Crippen LogP contribution < -0.4 is 0 Å². The summed E-state index contributed by atoms with van der Waals surface area (Å²) < 4.78 is 11.2. The van der Waals surface area contributed by atoms with Gasteiger partial charge in [-0.25, -0.2) is 0 Å². The van der Waals surface area contributed by atoms with Crippen molar-refractivity contribution >= 4 is 17.7 Å². The number of hydrogen-bond donors (Lipinski definition) is 0. The lowest BCUT2D eigenvalue weighted by molar-refractivity contribution is -0.140. The fourth-order valence-corrected chi connectivity index (χ4v) is 3.78. The molecule has 1 saturated heterocycles. The Kier molecular flexibility index (Phi) is 3.25. The van der Waals surface area contributed by atoms with Gasteiger partial charge in [0.15, 0.2) is 0 Å². The summed E-state index contributed by atoms with van der Waals surface area (Å²) in [5.74, 6) is -0.772. The van der Waals surface area contributed by atoms with Crippen LogP contribution >= 0.6 is 11.8 Å². The van der Waals surface area contributed by atoms with Gasteiger partial charge in [0.05, 0.1) is 5.56 Å². The number of fused-ring (bicyclic) bond motifs is 2. The van der Waals surface area contributed by atoms with Crippen molar-refractivity contribution in [2.45, 2.75) is 30.6 Å². The summed E-state index contributed by atoms with van der Waals surface area (Å²) in [6.45, 7) is 1.59. The molecule has 1 aliphatic carbocycles. The highest BCUT2D eigenvalue weighted by Crippen LogP contribution is 2.54. The average Bonchev–Trinajstić information content (AvgIpc) is 3.30. The number of carbonyl (C=O) groups is 1. The summed E-state index contributed by atoms with van der Waals surface area (Å²) in [4.78, 5) is 23.6. The van der Waals surface area contributed by atoms with Crippen LogP contribution in [0, 0.1) is 0 Å². The Bertz CT molecular complexity index is 702. The molecule has 3 aliphatic rings. The molecule has 0 atom stereocenters. The number of ether oxygens (including phenoxy) is 2. The largest absolute Gasteiger partial charge is 0.461 e. The van der Waals surface area contributed by atoms with Gasteiger partial charge in [0.1, 0.15) is 12.4 Å². The van der Waals surface area contributed by atoms with Crippen LogP contribution in [0.1, 0.15) is 25.3 Å². The zero-order chi connectivity index (χ0) is 15.2. The van der Waals surface area contributed by atoms with Crippen molar-refractivity contribution in [1.29, 1.82) is 0 Å². The van der Waals surface area contributed by atoms with Gasteiger partial charge in [0, 0.05) is 22.3 Å². The van der Waals surface area contributed by atoms with Gasteiger partial charge < -0.3 is 9.47 Å². The fourth-order valence-electron chi connectivity index (χ4n) is 2.58. The second kappa shape index (κ2) is 5.15. The molecule has 6 heteroatoms. The predicted octanol–water partition coefficient (Wildman–Crippen LogP) is 3.38. The van der Waals surface area contributed by atoms with Crippen LogP contribution in [0.4, 0.5) is 0 Å². The highest BCUT2D eigenvalue weighted by atomic mass is 32.2. The van der Waals surface area contributed by atoms with Crippen LogP contribution in [-0.4, -0.2) is 12.6 Å². The third-order valence-corrected chi connectivity index (χ3v) is 4.87. The molecule has 0 aromatic heterocycles. The number of hydrogen-bond acceptors (Lipinski definition) is 6. The number of benzene rings is 1. The van der Waals surface area contributed by atoms with E-state index in [1.807, 2.05) is 30.3 Å². The maximum Gasteiger partial charge on any atom is 0.411 e. The molecule has 2 heterocycles. The summed E-state index contributed by atoms with van der Waals surface area (Å²) in [5.41, 5.74) is 1.72. The van der Waals surface area contributed by atoms with E-state index in [4.69, 9.17) is 19.2 Å². The normalized spacial score (nSPS) is 21.2. The standard InChI is InChI=1S/C16H14O5S/c1-10(17)18-9-11-5-4-8-14-15(11)19-16(20-21-16)12-6-2-3-7-13(12)22-14/h2-3,5-7H,4,8-9H2,1H3. The second-order valence-electron chi connectivity index (χ2n) is 5.22. The van der Waals surface area contributed by atoms with E-state index in [0.29, 0.717) is 5.76 Å². The molecule has 22 heavy (non-hydrogen) atoms. The Morgan fingerprint density at radius 2 is 2.18 bits per heavy atom. The maximum absolute atomic E-state index is 11.1. The third-order valence-electron chi connectivity index (χ3n) is 3.66. The van der Waals surface area contributed by atoms with Crippen LogP contribution in [-0.2, 0) is 30.0 Å². The second-order valence-corrected chi connectivity index (χ2v) is 6.36. The van der Waals surface area contributed by atoms with Crippen molar-refractivity contribution in [2.75, 3.05) is 6.61 Å². The highest BCUT2D eigenvalue weighted by Gasteiger charge is 2.58. The first kappa shape index (κ1) is 13.9. The Balaban J connectivity index is 1.70. The minimum absolute atomic E-state index is 0.196. The first-order chi connectivity index (χ1) is 10.7. The Hall–Kier alpha value is -1.76. The van der Waals surface area contributed by atoms with Crippen LogP contribution in [0.5, 0.6) is 0 Å². The van der Waals surface area contributed by atoms with E-state index in [9.17, 15) is 4.79 Å². The van der Waals surface area contributed by atoms with Gasteiger partial charge in [-0.05, 0) is 25.0 Å². The van der Waals surface area contributed by atoms with Crippen molar-refractivity contribution in [3.05, 3.63) is 52.1 Å². The minimum atomic E-state index is -1.16. The fraction of sp³-hybridized carbons (Fsp3) is 0.312. The molecule has 0 saturated carbocycles. The third kappa shape index (κ3) is 2.33. The zero-order valence-corrected chi connectivity index (χ0v) is 12.8. The lowest BCUT2D eigenvalue weighted by Crippen LogP contribution is -2.17. The molecule has 0 N–H and O–H groups in total. The number of carbonyl (C=O) groups excluding carboxylic acids is 1. The number of esters is 1. The molecule has 0 amide bonds. The molecule has 0 bridgehead atoms. The van der Waals surface area contributed by atoms with Gasteiger partial charge in [0.25, 0.3) is 0 Å². The maximum atomic E-state index is 11.1. The van der Waals surface area contributed by atoms with Gasteiger partial charge in [0.2, 0.25) is 0 Å².